The Balaban J connectivity index is 1.66. The van der Waals surface area contributed by atoms with E-state index in [4.69, 9.17) is 5.73 Å². The highest BCUT2D eigenvalue weighted by Gasteiger charge is 2.27. The van der Waals surface area contributed by atoms with Gasteiger partial charge < -0.3 is 11.1 Å². The van der Waals surface area contributed by atoms with Crippen LogP contribution in [0.1, 0.15) is 48.7 Å². The van der Waals surface area contributed by atoms with Gasteiger partial charge in [0.05, 0.1) is 6.04 Å². The molecule has 3 N–H and O–H groups in total. The molecule has 0 radical (unpaired) electrons. The fourth-order valence-corrected chi connectivity index (χ4v) is 2.75. The molecule has 0 aliphatic heterocycles. The maximum atomic E-state index is 5.60. The predicted octanol–water partition coefficient (Wildman–Crippen LogP) is 3.05. The van der Waals surface area contributed by atoms with Gasteiger partial charge in [0, 0.05) is 24.0 Å². The zero-order chi connectivity index (χ0) is 13.2. The summed E-state index contributed by atoms with van der Waals surface area (Å²) in [4.78, 5) is 4.55. The molecule has 1 heterocycles. The number of aromatic nitrogens is 2. The number of benzene rings is 1. The molecule has 4 nitrogen and oxygen atoms in total. The van der Waals surface area contributed by atoms with Crippen molar-refractivity contribution in [1.82, 2.24) is 9.36 Å². The monoisotopic (exact) mass is 274 g/mol. The fourth-order valence-electron chi connectivity index (χ4n) is 2.01. The van der Waals surface area contributed by atoms with Gasteiger partial charge in [-0.15, -0.1) is 0 Å². The van der Waals surface area contributed by atoms with Crippen LogP contribution >= 0.6 is 11.5 Å². The van der Waals surface area contributed by atoms with Gasteiger partial charge in [-0.1, -0.05) is 24.3 Å². The van der Waals surface area contributed by atoms with Crippen LogP contribution in [0.15, 0.2) is 24.3 Å². The second-order valence-corrected chi connectivity index (χ2v) is 5.80. The highest BCUT2D eigenvalue weighted by molar-refractivity contribution is 7.09. The first-order chi connectivity index (χ1) is 9.26. The Morgan fingerprint density at radius 3 is 2.74 bits per heavy atom. The van der Waals surface area contributed by atoms with Crippen molar-refractivity contribution in [1.29, 1.82) is 0 Å². The van der Waals surface area contributed by atoms with Crippen LogP contribution < -0.4 is 11.1 Å². The quantitative estimate of drug-likeness (QED) is 0.879. The van der Waals surface area contributed by atoms with Gasteiger partial charge >= 0.3 is 0 Å². The summed E-state index contributed by atoms with van der Waals surface area (Å²) >= 11 is 1.46. The Morgan fingerprint density at radius 1 is 1.37 bits per heavy atom. The van der Waals surface area contributed by atoms with E-state index in [1.54, 1.807) is 0 Å². The lowest BCUT2D eigenvalue weighted by molar-refractivity contribution is 0.873. The molecule has 1 saturated carbocycles. The van der Waals surface area contributed by atoms with Crippen molar-refractivity contribution < 1.29 is 0 Å². The van der Waals surface area contributed by atoms with E-state index in [0.29, 0.717) is 12.5 Å². The normalized spacial score (nSPS) is 16.3. The molecule has 2 aromatic rings. The molecule has 0 amide bonds. The summed E-state index contributed by atoms with van der Waals surface area (Å²) in [7, 11) is 0. The molecule has 0 bridgehead atoms. The largest absolute Gasteiger partial charge is 0.354 e. The van der Waals surface area contributed by atoms with Gasteiger partial charge in [0.1, 0.15) is 5.82 Å². The number of anilines is 1. The Hall–Kier alpha value is -1.46. The van der Waals surface area contributed by atoms with Gasteiger partial charge in [-0.3, -0.25) is 0 Å². The minimum Gasteiger partial charge on any atom is -0.354 e. The van der Waals surface area contributed by atoms with E-state index in [0.717, 1.165) is 16.5 Å². The molecule has 1 unspecified atom stereocenters. The second kappa shape index (κ2) is 5.27. The average Bonchev–Trinajstić information content (AvgIpc) is 3.20. The van der Waals surface area contributed by atoms with Gasteiger partial charge in [-0.2, -0.15) is 4.37 Å². The maximum absolute atomic E-state index is 5.60. The Kier molecular flexibility index (Phi) is 3.48. The molecule has 5 heteroatoms. The van der Waals surface area contributed by atoms with Crippen LogP contribution in [0.25, 0.3) is 0 Å². The fraction of sp³-hybridized carbons (Fsp3) is 0.429. The zero-order valence-electron chi connectivity index (χ0n) is 11.0. The van der Waals surface area contributed by atoms with E-state index in [-0.39, 0.29) is 6.04 Å². The Bertz CT molecular complexity index is 545. The minimum atomic E-state index is 0.229. The van der Waals surface area contributed by atoms with Gasteiger partial charge in [0.25, 0.3) is 0 Å². The molecule has 1 aliphatic rings. The molecule has 19 heavy (non-hydrogen) atoms. The number of nitrogens with two attached hydrogens (primary N) is 1. The molecule has 1 fully saturated rings. The van der Waals surface area contributed by atoms with Gasteiger partial charge in [-0.05, 0) is 30.9 Å². The van der Waals surface area contributed by atoms with E-state index in [9.17, 15) is 0 Å². The van der Waals surface area contributed by atoms with Crippen molar-refractivity contribution in [2.45, 2.75) is 38.3 Å². The highest BCUT2D eigenvalue weighted by atomic mass is 32.1. The van der Waals surface area contributed by atoms with Crippen molar-refractivity contribution in [3.8, 4) is 0 Å². The third kappa shape index (κ3) is 2.93. The first kappa shape index (κ1) is 12.6. The molecule has 100 valence electrons. The van der Waals surface area contributed by atoms with Gasteiger partial charge in [0.2, 0.25) is 5.13 Å². The Morgan fingerprint density at radius 2 is 2.11 bits per heavy atom. The van der Waals surface area contributed by atoms with E-state index >= 15 is 0 Å². The topological polar surface area (TPSA) is 63.8 Å². The van der Waals surface area contributed by atoms with Crippen LogP contribution in [0.3, 0.4) is 0 Å². The molecule has 1 atom stereocenters. The van der Waals surface area contributed by atoms with Crippen LogP contribution in [0, 0.1) is 0 Å². The summed E-state index contributed by atoms with van der Waals surface area (Å²) < 4.78 is 4.40. The van der Waals surface area contributed by atoms with Crippen LogP contribution in [0.2, 0.25) is 0 Å². The maximum Gasteiger partial charge on any atom is 0.203 e. The van der Waals surface area contributed by atoms with Crippen LogP contribution in [0.5, 0.6) is 0 Å². The molecule has 1 aromatic carbocycles. The predicted molar refractivity (Wildman–Crippen MR) is 78.3 cm³/mol. The molecule has 3 rings (SSSR count). The summed E-state index contributed by atoms with van der Waals surface area (Å²) in [6, 6.07) is 8.60. The molecule has 1 aromatic heterocycles. The van der Waals surface area contributed by atoms with Crippen molar-refractivity contribution in [3.63, 3.8) is 0 Å². The SMILES string of the molecule is CC(Nc1nc(C2CC2)ns1)c1ccc(CN)cc1. The van der Waals surface area contributed by atoms with Crippen molar-refractivity contribution in [2.75, 3.05) is 5.32 Å². The standard InChI is InChI=1S/C14H18N4S/c1-9(11-4-2-10(8-15)3-5-11)16-14-17-13(18-19-14)12-6-7-12/h2-5,9,12H,6-8,15H2,1H3,(H,16,17,18). The molecule has 0 saturated heterocycles. The smallest absolute Gasteiger partial charge is 0.203 e. The molecule has 1 aliphatic carbocycles. The summed E-state index contributed by atoms with van der Waals surface area (Å²) in [5.74, 6) is 1.63. The highest BCUT2D eigenvalue weighted by Crippen LogP contribution is 2.39. The number of nitrogens with zero attached hydrogens (tertiary/aromatic N) is 2. The van der Waals surface area contributed by atoms with Crippen molar-refractivity contribution in [2.24, 2.45) is 5.73 Å². The third-order valence-corrected chi connectivity index (χ3v) is 4.10. The lowest BCUT2D eigenvalue weighted by atomic mass is 10.1. The molecule has 0 spiro atoms. The minimum absolute atomic E-state index is 0.229. The summed E-state index contributed by atoms with van der Waals surface area (Å²) in [6.45, 7) is 2.72. The third-order valence-electron chi connectivity index (χ3n) is 3.44. The van der Waals surface area contributed by atoms with E-state index in [1.165, 1.54) is 29.9 Å². The molecular formula is C14H18N4S. The van der Waals surface area contributed by atoms with Crippen molar-refractivity contribution in [3.05, 3.63) is 41.2 Å². The van der Waals surface area contributed by atoms with Gasteiger partial charge in [-0.25, -0.2) is 4.98 Å². The second-order valence-electron chi connectivity index (χ2n) is 5.04. The van der Waals surface area contributed by atoms with Crippen molar-refractivity contribution >= 4 is 16.7 Å². The average molecular weight is 274 g/mol. The lowest BCUT2D eigenvalue weighted by Gasteiger charge is -2.13. The first-order valence-electron chi connectivity index (χ1n) is 6.65. The summed E-state index contributed by atoms with van der Waals surface area (Å²) in [5, 5.41) is 4.33. The first-order valence-corrected chi connectivity index (χ1v) is 7.42. The van der Waals surface area contributed by atoms with Crippen LogP contribution in [-0.4, -0.2) is 9.36 Å². The van der Waals surface area contributed by atoms with E-state index in [2.05, 4.69) is 45.9 Å². The number of rotatable bonds is 5. The van der Waals surface area contributed by atoms with Gasteiger partial charge in [0.15, 0.2) is 0 Å². The lowest BCUT2D eigenvalue weighted by Crippen LogP contribution is -2.07. The number of hydrogen-bond acceptors (Lipinski definition) is 5. The van der Waals surface area contributed by atoms with E-state index in [1.807, 2.05) is 0 Å². The zero-order valence-corrected chi connectivity index (χ0v) is 11.8. The van der Waals surface area contributed by atoms with Crippen LogP contribution in [-0.2, 0) is 6.54 Å². The molecular weight excluding hydrogens is 256 g/mol. The Labute approximate surface area is 117 Å². The number of nitrogens with one attached hydrogen (secondary N) is 1. The van der Waals surface area contributed by atoms with E-state index < -0.39 is 0 Å². The number of hydrogen-bond donors (Lipinski definition) is 2. The summed E-state index contributed by atoms with van der Waals surface area (Å²) in [6.07, 6.45) is 2.48. The summed E-state index contributed by atoms with van der Waals surface area (Å²) in [5.41, 5.74) is 8.00. The van der Waals surface area contributed by atoms with Crippen LogP contribution in [0.4, 0.5) is 5.13 Å².